The minimum atomic E-state index is -0.968. The van der Waals surface area contributed by atoms with Crippen LogP contribution in [0.1, 0.15) is 6.92 Å². The number of carbonyl (C=O) groups excluding carboxylic acids is 2. The highest BCUT2D eigenvalue weighted by Crippen LogP contribution is 1.48. The number of carboxylic acids is 1. The van der Waals surface area contributed by atoms with Gasteiger partial charge in [0.05, 0.1) is 6.54 Å². The molecule has 0 unspecified atom stereocenters. The van der Waals surface area contributed by atoms with Crippen LogP contribution in [0.25, 0.3) is 0 Å². The van der Waals surface area contributed by atoms with E-state index in [1.165, 1.54) is 6.92 Å². The predicted molar refractivity (Wildman–Crippen MR) is 33.4 cm³/mol. The number of ketones is 1. The van der Waals surface area contributed by atoms with Gasteiger partial charge in [-0.1, -0.05) is 0 Å². The van der Waals surface area contributed by atoms with Gasteiger partial charge in [-0.15, -0.1) is 0 Å². The number of aliphatic carboxylic acids is 1. The highest BCUT2D eigenvalue weighted by molar-refractivity contribution is 6.23. The Kier molecular flexibility index (Phi) is 8.98. The topological polar surface area (TPSA) is 97.5 Å². The summed E-state index contributed by atoms with van der Waals surface area (Å²) in [6, 6.07) is 0. The van der Waals surface area contributed by atoms with E-state index in [-0.39, 0.29) is 12.8 Å². The molecule has 0 aromatic rings. The number of aldehydes is 1. The van der Waals surface area contributed by atoms with Crippen LogP contribution in [0.2, 0.25) is 0 Å². The van der Waals surface area contributed by atoms with E-state index in [0.29, 0.717) is 0 Å². The molecule has 0 aromatic heterocycles. The Hall–Kier alpha value is -1.23. The molecule has 10 heavy (non-hydrogen) atoms. The van der Waals surface area contributed by atoms with Gasteiger partial charge in [0.1, 0.15) is 0 Å². The number of Topliss-reactive ketones (excluding diaryl/α,β-unsaturated/α-hetero) is 1. The lowest BCUT2D eigenvalue weighted by atomic mass is 10.5. The molecule has 0 spiro atoms. The Morgan fingerprint density at radius 3 is 1.80 bits per heavy atom. The first-order valence-corrected chi connectivity index (χ1v) is 2.42. The van der Waals surface area contributed by atoms with Gasteiger partial charge in [0.2, 0.25) is 0 Å². The number of nitrogens with two attached hydrogens (primary N) is 1. The lowest BCUT2D eigenvalue weighted by molar-refractivity contribution is -0.135. The zero-order chi connectivity index (χ0) is 8.57. The SMILES string of the molecule is CC(=O)C=O.NCC(=O)O. The Bertz CT molecular complexity index is 132. The van der Waals surface area contributed by atoms with Crippen molar-refractivity contribution in [1.29, 1.82) is 0 Å². The minimum Gasteiger partial charge on any atom is -0.480 e. The van der Waals surface area contributed by atoms with Crippen LogP contribution in [-0.2, 0) is 14.4 Å². The summed E-state index contributed by atoms with van der Waals surface area (Å²) in [6.45, 7) is 0.937. The molecule has 5 nitrogen and oxygen atoms in total. The van der Waals surface area contributed by atoms with Crippen molar-refractivity contribution < 1.29 is 19.5 Å². The van der Waals surface area contributed by atoms with E-state index in [2.05, 4.69) is 5.73 Å². The molecule has 0 aromatic carbocycles. The molecular formula is C5H9NO4. The summed E-state index contributed by atoms with van der Waals surface area (Å²) in [5.74, 6) is -1.39. The third kappa shape index (κ3) is 29.4. The van der Waals surface area contributed by atoms with Crippen LogP contribution in [0, 0.1) is 0 Å². The summed E-state index contributed by atoms with van der Waals surface area (Å²) in [6.07, 6.45) is 0.278. The van der Waals surface area contributed by atoms with Gasteiger partial charge in [-0.2, -0.15) is 0 Å². The van der Waals surface area contributed by atoms with Gasteiger partial charge in [-0.3, -0.25) is 14.4 Å². The van der Waals surface area contributed by atoms with Crippen molar-refractivity contribution >= 4 is 18.0 Å². The number of hydrogen-bond donors (Lipinski definition) is 2. The van der Waals surface area contributed by atoms with Gasteiger partial charge in [0.15, 0.2) is 12.1 Å². The van der Waals surface area contributed by atoms with Crippen LogP contribution in [-0.4, -0.2) is 29.7 Å². The third-order valence-electron chi connectivity index (χ3n) is 0.341. The Labute approximate surface area is 57.8 Å². The van der Waals surface area contributed by atoms with Crippen LogP contribution >= 0.6 is 0 Å². The molecule has 0 saturated heterocycles. The smallest absolute Gasteiger partial charge is 0.317 e. The molecule has 0 amide bonds. The summed E-state index contributed by atoms with van der Waals surface area (Å²) in [5.41, 5.74) is 4.57. The first-order valence-electron chi connectivity index (χ1n) is 2.42. The molecule has 0 radical (unpaired) electrons. The first kappa shape index (κ1) is 11.6. The second-order valence-corrected chi connectivity index (χ2v) is 1.33. The molecule has 5 heteroatoms. The molecule has 0 fully saturated rings. The zero-order valence-electron chi connectivity index (χ0n) is 5.53. The Balaban J connectivity index is 0. The molecule has 0 saturated carbocycles. The molecule has 0 atom stereocenters. The van der Waals surface area contributed by atoms with Gasteiger partial charge >= 0.3 is 5.97 Å². The van der Waals surface area contributed by atoms with E-state index < -0.39 is 11.8 Å². The van der Waals surface area contributed by atoms with E-state index in [0.717, 1.165) is 0 Å². The number of rotatable bonds is 2. The Morgan fingerprint density at radius 2 is 1.80 bits per heavy atom. The van der Waals surface area contributed by atoms with Crippen molar-refractivity contribution in [2.45, 2.75) is 6.92 Å². The molecule has 0 aliphatic rings. The van der Waals surface area contributed by atoms with Crippen molar-refractivity contribution in [3.63, 3.8) is 0 Å². The van der Waals surface area contributed by atoms with Crippen molar-refractivity contribution in [2.24, 2.45) is 5.73 Å². The highest BCUT2D eigenvalue weighted by atomic mass is 16.4. The van der Waals surface area contributed by atoms with E-state index in [1.54, 1.807) is 0 Å². The van der Waals surface area contributed by atoms with Gasteiger partial charge < -0.3 is 10.8 Å². The van der Waals surface area contributed by atoms with E-state index in [1.807, 2.05) is 0 Å². The monoisotopic (exact) mass is 147 g/mol. The fourth-order valence-corrected chi connectivity index (χ4v) is 0. The average Bonchev–Trinajstić information content (AvgIpc) is 1.89. The Morgan fingerprint density at radius 1 is 1.60 bits per heavy atom. The van der Waals surface area contributed by atoms with Crippen LogP contribution in [0.3, 0.4) is 0 Å². The second kappa shape index (κ2) is 7.77. The molecule has 58 valence electrons. The van der Waals surface area contributed by atoms with Crippen molar-refractivity contribution in [1.82, 2.24) is 0 Å². The first-order chi connectivity index (χ1) is 4.54. The zero-order valence-corrected chi connectivity index (χ0v) is 5.53. The summed E-state index contributed by atoms with van der Waals surface area (Å²) in [5, 5.41) is 7.60. The number of carbonyl (C=O) groups is 3. The minimum absolute atomic E-state index is 0.278. The predicted octanol–water partition coefficient (Wildman–Crippen LogP) is -1.20. The molecule has 3 N–H and O–H groups in total. The fraction of sp³-hybridized carbons (Fsp3) is 0.400. The second-order valence-electron chi connectivity index (χ2n) is 1.33. The molecule has 0 rings (SSSR count). The van der Waals surface area contributed by atoms with Crippen molar-refractivity contribution in [3.8, 4) is 0 Å². The highest BCUT2D eigenvalue weighted by Gasteiger charge is 1.81. The fourth-order valence-electron chi connectivity index (χ4n) is 0. The van der Waals surface area contributed by atoms with Crippen LogP contribution in [0.15, 0.2) is 0 Å². The van der Waals surface area contributed by atoms with Crippen molar-refractivity contribution in [2.75, 3.05) is 6.54 Å². The lowest BCUT2D eigenvalue weighted by Gasteiger charge is -1.73. The van der Waals surface area contributed by atoms with Gasteiger partial charge in [-0.05, 0) is 0 Å². The third-order valence-corrected chi connectivity index (χ3v) is 0.341. The van der Waals surface area contributed by atoms with Crippen LogP contribution < -0.4 is 5.73 Å². The average molecular weight is 147 g/mol. The normalized spacial score (nSPS) is 7.00. The quantitative estimate of drug-likeness (QED) is 0.378. The van der Waals surface area contributed by atoms with E-state index in [9.17, 15) is 9.59 Å². The van der Waals surface area contributed by atoms with Crippen LogP contribution in [0.4, 0.5) is 0 Å². The molecule has 0 aliphatic carbocycles. The number of hydrogen-bond acceptors (Lipinski definition) is 4. The molecular weight excluding hydrogens is 138 g/mol. The molecule has 0 bridgehead atoms. The lowest BCUT2D eigenvalue weighted by Crippen LogP contribution is -2.10. The van der Waals surface area contributed by atoms with Crippen molar-refractivity contribution in [3.05, 3.63) is 0 Å². The van der Waals surface area contributed by atoms with Gasteiger partial charge in [0.25, 0.3) is 0 Å². The number of carboxylic acid groups (broad SMARTS) is 1. The van der Waals surface area contributed by atoms with Crippen LogP contribution in [0.5, 0.6) is 0 Å². The van der Waals surface area contributed by atoms with E-state index >= 15 is 0 Å². The van der Waals surface area contributed by atoms with Gasteiger partial charge in [-0.25, -0.2) is 0 Å². The largest absolute Gasteiger partial charge is 0.480 e. The van der Waals surface area contributed by atoms with E-state index in [4.69, 9.17) is 9.90 Å². The molecule has 0 aliphatic heterocycles. The maximum atomic E-state index is 9.44. The maximum Gasteiger partial charge on any atom is 0.317 e. The summed E-state index contributed by atoms with van der Waals surface area (Å²) in [4.78, 5) is 27.8. The molecule has 0 heterocycles. The maximum absolute atomic E-state index is 9.44. The summed E-state index contributed by atoms with van der Waals surface area (Å²) >= 11 is 0. The van der Waals surface area contributed by atoms with Gasteiger partial charge in [0, 0.05) is 6.92 Å². The summed E-state index contributed by atoms with van der Waals surface area (Å²) < 4.78 is 0. The summed E-state index contributed by atoms with van der Waals surface area (Å²) in [7, 11) is 0. The standard InChI is InChI=1S/C3H4O2.C2H5NO2/c1-3(5)2-4;3-1-2(4)5/h2H,1H3;1,3H2,(H,4,5).